The van der Waals surface area contributed by atoms with Crippen LogP contribution in [0, 0.1) is 0 Å². The van der Waals surface area contributed by atoms with Crippen molar-refractivity contribution >= 4 is 38.4 Å². The topological polar surface area (TPSA) is 102 Å². The number of hydrogen-bond donors (Lipinski definition) is 3. The summed E-state index contributed by atoms with van der Waals surface area (Å²) in [6, 6.07) is 10.9. The Balaban J connectivity index is 1.71. The van der Waals surface area contributed by atoms with Crippen molar-refractivity contribution in [3.8, 4) is 0 Å². The van der Waals surface area contributed by atoms with Crippen LogP contribution in [0.3, 0.4) is 0 Å². The van der Waals surface area contributed by atoms with Gasteiger partial charge in [-0.3, -0.25) is 9.63 Å². The van der Waals surface area contributed by atoms with Crippen molar-refractivity contribution < 1.29 is 9.63 Å². The van der Waals surface area contributed by atoms with Crippen LogP contribution >= 0.6 is 11.3 Å². The van der Waals surface area contributed by atoms with E-state index >= 15 is 0 Å². The average molecular weight is 329 g/mol. The van der Waals surface area contributed by atoms with Crippen molar-refractivity contribution in [3.05, 3.63) is 47.7 Å². The minimum Gasteiger partial charge on any atom is -0.379 e. The molecule has 0 aliphatic heterocycles. The molecule has 0 bridgehead atoms. The fourth-order valence-corrected chi connectivity index (χ4v) is 2.81. The van der Waals surface area contributed by atoms with Gasteiger partial charge in [0.15, 0.2) is 5.13 Å². The highest BCUT2D eigenvalue weighted by molar-refractivity contribution is 7.21. The van der Waals surface area contributed by atoms with E-state index in [2.05, 4.69) is 25.6 Å². The van der Waals surface area contributed by atoms with Gasteiger partial charge in [0.1, 0.15) is 10.3 Å². The van der Waals surface area contributed by atoms with E-state index in [1.54, 1.807) is 18.2 Å². The number of carbonyl (C=O) groups excluding carboxylic acids is 1. The predicted octanol–water partition coefficient (Wildman–Crippen LogP) is 2.18. The fraction of sp³-hybridized carbons (Fsp3) is 0.133. The third-order valence-electron chi connectivity index (χ3n) is 3.12. The summed E-state index contributed by atoms with van der Waals surface area (Å²) in [7, 11) is 1.40. The largest absolute Gasteiger partial charge is 0.379 e. The lowest BCUT2D eigenvalue weighted by Crippen LogP contribution is -2.21. The number of anilines is 2. The Labute approximate surface area is 136 Å². The van der Waals surface area contributed by atoms with Crippen LogP contribution in [0.2, 0.25) is 0 Å². The molecule has 0 radical (unpaired) electrons. The number of benzene rings is 1. The van der Waals surface area contributed by atoms with E-state index in [9.17, 15) is 4.79 Å². The van der Waals surface area contributed by atoms with Crippen molar-refractivity contribution in [1.82, 2.24) is 15.4 Å². The number of amides is 1. The first-order valence-electron chi connectivity index (χ1n) is 6.85. The fourth-order valence-electron chi connectivity index (χ4n) is 2.09. The second-order valence-electron chi connectivity index (χ2n) is 4.75. The monoisotopic (exact) mass is 329 g/mol. The van der Waals surface area contributed by atoms with Crippen LogP contribution < -0.4 is 16.5 Å². The molecule has 2 aromatic heterocycles. The van der Waals surface area contributed by atoms with E-state index in [1.165, 1.54) is 18.4 Å². The minimum absolute atomic E-state index is 0.296. The van der Waals surface area contributed by atoms with Crippen LogP contribution in [-0.4, -0.2) is 23.0 Å². The minimum atomic E-state index is -0.296. The summed E-state index contributed by atoms with van der Waals surface area (Å²) in [6.45, 7) is 0.531. The molecular weight excluding hydrogens is 314 g/mol. The van der Waals surface area contributed by atoms with Gasteiger partial charge in [0, 0.05) is 11.3 Å². The maximum Gasteiger partial charge on any atom is 0.274 e. The molecule has 0 spiro atoms. The molecule has 118 valence electrons. The van der Waals surface area contributed by atoms with Gasteiger partial charge in [0.25, 0.3) is 5.91 Å². The van der Waals surface area contributed by atoms with Gasteiger partial charge in [0.2, 0.25) is 0 Å². The molecule has 7 nitrogen and oxygen atoms in total. The second kappa shape index (κ2) is 6.59. The van der Waals surface area contributed by atoms with Gasteiger partial charge in [-0.2, -0.15) is 0 Å². The molecule has 0 aliphatic rings. The number of hydrogen-bond acceptors (Lipinski definition) is 7. The number of hydroxylamine groups is 1. The first kappa shape index (κ1) is 15.2. The second-order valence-corrected chi connectivity index (χ2v) is 5.76. The molecule has 0 atom stereocenters. The number of thiazole rings is 1. The van der Waals surface area contributed by atoms with Crippen LogP contribution in [0.15, 0.2) is 36.4 Å². The first-order chi connectivity index (χ1) is 11.2. The Kier molecular flexibility index (Phi) is 4.35. The molecule has 3 aromatic rings. The van der Waals surface area contributed by atoms with Gasteiger partial charge < -0.3 is 11.1 Å². The summed E-state index contributed by atoms with van der Waals surface area (Å²) >= 11 is 1.36. The van der Waals surface area contributed by atoms with E-state index in [0.29, 0.717) is 17.2 Å². The molecule has 8 heteroatoms. The van der Waals surface area contributed by atoms with Crippen molar-refractivity contribution in [1.29, 1.82) is 0 Å². The zero-order chi connectivity index (χ0) is 16.2. The Bertz CT molecular complexity index is 849. The summed E-state index contributed by atoms with van der Waals surface area (Å²) in [5.74, 6) is -0.296. The summed E-state index contributed by atoms with van der Waals surface area (Å²) in [6.07, 6.45) is 0. The van der Waals surface area contributed by atoms with Crippen LogP contribution in [0.25, 0.3) is 10.3 Å². The number of nitrogen functional groups attached to an aromatic ring is 1. The summed E-state index contributed by atoms with van der Waals surface area (Å²) in [5.41, 5.74) is 11.0. The Morgan fingerprint density at radius 3 is 3.00 bits per heavy atom. The number of aromatic nitrogens is 2. The standard InChI is InChI=1S/C15H15N5O2S/c1-22-20-13(21)9-3-2-4-10(7-9)17-8-11-5-6-12-14(18-11)23-15(16)19-12/h2-7,17H,8H2,1H3,(H2,16,19)(H,20,21). The molecule has 0 saturated carbocycles. The lowest BCUT2D eigenvalue weighted by Gasteiger charge is -2.08. The van der Waals surface area contributed by atoms with Gasteiger partial charge in [-0.25, -0.2) is 15.4 Å². The smallest absolute Gasteiger partial charge is 0.274 e. The number of pyridine rings is 1. The molecular formula is C15H15N5O2S. The normalized spacial score (nSPS) is 10.7. The summed E-state index contributed by atoms with van der Waals surface area (Å²) in [5, 5.41) is 3.75. The van der Waals surface area contributed by atoms with E-state index in [-0.39, 0.29) is 5.91 Å². The zero-order valence-corrected chi connectivity index (χ0v) is 13.2. The molecule has 0 fully saturated rings. The number of nitrogens with two attached hydrogens (primary N) is 1. The van der Waals surface area contributed by atoms with Crippen molar-refractivity contribution in [2.75, 3.05) is 18.2 Å². The van der Waals surface area contributed by atoms with Crippen LogP contribution in [-0.2, 0) is 11.4 Å². The average Bonchev–Trinajstić information content (AvgIpc) is 2.92. The summed E-state index contributed by atoms with van der Waals surface area (Å²) < 4.78 is 0. The third kappa shape index (κ3) is 3.55. The van der Waals surface area contributed by atoms with E-state index in [0.717, 1.165) is 21.7 Å². The van der Waals surface area contributed by atoms with Gasteiger partial charge in [-0.05, 0) is 30.3 Å². The third-order valence-corrected chi connectivity index (χ3v) is 3.92. The molecule has 1 aromatic carbocycles. The highest BCUT2D eigenvalue weighted by Crippen LogP contribution is 2.22. The Hall–Kier alpha value is -2.71. The van der Waals surface area contributed by atoms with Crippen LogP contribution in [0.5, 0.6) is 0 Å². The highest BCUT2D eigenvalue weighted by atomic mass is 32.1. The zero-order valence-electron chi connectivity index (χ0n) is 12.4. The predicted molar refractivity (Wildman–Crippen MR) is 90.1 cm³/mol. The number of nitrogens with zero attached hydrogens (tertiary/aromatic N) is 2. The molecule has 1 amide bonds. The molecule has 3 rings (SSSR count). The molecule has 0 saturated heterocycles. The van der Waals surface area contributed by atoms with Gasteiger partial charge >= 0.3 is 0 Å². The SMILES string of the molecule is CONC(=O)c1cccc(NCc2ccc3nc(N)sc3n2)c1. The first-order valence-corrected chi connectivity index (χ1v) is 7.66. The van der Waals surface area contributed by atoms with Gasteiger partial charge in [0.05, 0.1) is 19.3 Å². The van der Waals surface area contributed by atoms with Crippen LogP contribution in [0.4, 0.5) is 10.8 Å². The van der Waals surface area contributed by atoms with Crippen LogP contribution in [0.1, 0.15) is 16.1 Å². The maximum atomic E-state index is 11.7. The quantitative estimate of drug-likeness (QED) is 0.620. The van der Waals surface area contributed by atoms with E-state index < -0.39 is 0 Å². The molecule has 23 heavy (non-hydrogen) atoms. The number of carbonyl (C=O) groups is 1. The molecule has 4 N–H and O–H groups in total. The van der Waals surface area contributed by atoms with E-state index in [4.69, 9.17) is 5.73 Å². The number of rotatable bonds is 5. The Morgan fingerprint density at radius 1 is 1.30 bits per heavy atom. The lowest BCUT2D eigenvalue weighted by molar-refractivity contribution is 0.0537. The van der Waals surface area contributed by atoms with Gasteiger partial charge in [-0.1, -0.05) is 17.4 Å². The molecule has 0 aliphatic carbocycles. The van der Waals surface area contributed by atoms with Gasteiger partial charge in [-0.15, -0.1) is 0 Å². The maximum absolute atomic E-state index is 11.7. The number of nitrogens with one attached hydrogen (secondary N) is 2. The van der Waals surface area contributed by atoms with E-state index in [1.807, 2.05) is 18.2 Å². The molecule has 2 heterocycles. The highest BCUT2D eigenvalue weighted by Gasteiger charge is 2.06. The van der Waals surface area contributed by atoms with Crippen molar-refractivity contribution in [2.24, 2.45) is 0 Å². The van der Waals surface area contributed by atoms with Crippen molar-refractivity contribution in [3.63, 3.8) is 0 Å². The summed E-state index contributed by atoms with van der Waals surface area (Å²) in [4.78, 5) is 25.9. The lowest BCUT2D eigenvalue weighted by atomic mass is 10.2. The van der Waals surface area contributed by atoms with Crippen molar-refractivity contribution in [2.45, 2.75) is 6.54 Å². The Morgan fingerprint density at radius 2 is 2.17 bits per heavy atom. The molecule has 0 unspecified atom stereocenters. The number of fused-ring (bicyclic) bond motifs is 1.